The topological polar surface area (TPSA) is 95.5 Å². The molecular formula is C22H22N2O4S. The number of rotatable bonds is 9. The van der Waals surface area contributed by atoms with Gasteiger partial charge < -0.3 is 5.32 Å². The first-order valence-corrected chi connectivity index (χ1v) is 10.6. The lowest BCUT2D eigenvalue weighted by atomic mass is 9.86. The average molecular weight is 410 g/mol. The third-order valence-corrected chi connectivity index (χ3v) is 5.06. The van der Waals surface area contributed by atoms with E-state index in [4.69, 9.17) is 4.55 Å². The van der Waals surface area contributed by atoms with E-state index >= 15 is 0 Å². The van der Waals surface area contributed by atoms with Crippen LogP contribution in [0, 0.1) is 0 Å². The van der Waals surface area contributed by atoms with Crippen LogP contribution in [0.3, 0.4) is 0 Å². The Hall–Kier alpha value is -3.16. The quantitative estimate of drug-likeness (QED) is 0.366. The summed E-state index contributed by atoms with van der Waals surface area (Å²) in [5.74, 6) is 0.142. The zero-order chi connectivity index (χ0) is 20.7. The van der Waals surface area contributed by atoms with Gasteiger partial charge >= 0.3 is 10.3 Å². The number of carbonyl (C=O) groups excluding carboxylic acids is 1. The van der Waals surface area contributed by atoms with Crippen molar-refractivity contribution in [2.75, 3.05) is 10.0 Å². The van der Waals surface area contributed by atoms with Crippen molar-refractivity contribution in [1.29, 1.82) is 0 Å². The van der Waals surface area contributed by atoms with E-state index in [1.54, 1.807) is 18.2 Å². The first-order valence-electron chi connectivity index (χ1n) is 9.11. The molecule has 0 bridgehead atoms. The van der Waals surface area contributed by atoms with Crippen LogP contribution in [0.4, 0.5) is 11.4 Å². The molecule has 0 aromatic heterocycles. The number of benzene rings is 3. The van der Waals surface area contributed by atoms with Gasteiger partial charge in [-0.15, -0.1) is 0 Å². The molecular weight excluding hydrogens is 388 g/mol. The average Bonchev–Trinajstić information content (AvgIpc) is 2.68. The molecule has 0 saturated carbocycles. The third-order valence-electron chi connectivity index (χ3n) is 4.56. The maximum atomic E-state index is 11.1. The normalized spacial score (nSPS) is 12.2. The minimum Gasteiger partial charge on any atom is -0.329 e. The van der Waals surface area contributed by atoms with E-state index in [1.165, 1.54) is 0 Å². The van der Waals surface area contributed by atoms with Gasteiger partial charge in [0, 0.05) is 5.69 Å². The zero-order valence-corrected chi connectivity index (χ0v) is 16.5. The molecule has 150 valence electrons. The number of nitrogens with one attached hydrogen (secondary N) is 2. The van der Waals surface area contributed by atoms with E-state index in [0.29, 0.717) is 18.5 Å². The number of anilines is 2. The van der Waals surface area contributed by atoms with Gasteiger partial charge in [-0.05, 0) is 59.7 Å². The lowest BCUT2D eigenvalue weighted by molar-refractivity contribution is -0.105. The highest BCUT2D eigenvalue weighted by Gasteiger charge is 2.15. The summed E-state index contributed by atoms with van der Waals surface area (Å²) >= 11 is 0. The molecule has 0 aliphatic heterocycles. The van der Waals surface area contributed by atoms with Crippen LogP contribution in [-0.2, 0) is 27.9 Å². The molecule has 3 aromatic carbocycles. The Balaban J connectivity index is 1.86. The Labute approximate surface area is 170 Å². The van der Waals surface area contributed by atoms with Crippen molar-refractivity contribution in [3.05, 3.63) is 95.6 Å². The molecule has 0 spiro atoms. The number of amides is 1. The van der Waals surface area contributed by atoms with Crippen LogP contribution in [-0.4, -0.2) is 19.4 Å². The van der Waals surface area contributed by atoms with Gasteiger partial charge in [0.05, 0.1) is 5.69 Å². The van der Waals surface area contributed by atoms with Gasteiger partial charge in [-0.2, -0.15) is 8.42 Å². The van der Waals surface area contributed by atoms with Crippen LogP contribution in [0.2, 0.25) is 0 Å². The predicted molar refractivity (Wildman–Crippen MR) is 114 cm³/mol. The fraction of sp³-hybridized carbons (Fsp3) is 0.136. The minimum atomic E-state index is -4.32. The largest absolute Gasteiger partial charge is 0.357 e. The van der Waals surface area contributed by atoms with Gasteiger partial charge in [-0.3, -0.25) is 14.1 Å². The van der Waals surface area contributed by atoms with E-state index in [0.717, 1.165) is 28.8 Å². The summed E-state index contributed by atoms with van der Waals surface area (Å²) in [5, 5.41) is 2.67. The molecule has 0 saturated heterocycles. The molecule has 1 unspecified atom stereocenters. The fourth-order valence-corrected chi connectivity index (χ4v) is 3.79. The predicted octanol–water partition coefficient (Wildman–Crippen LogP) is 4.04. The van der Waals surface area contributed by atoms with Crippen LogP contribution in [0.25, 0.3) is 0 Å². The highest BCUT2D eigenvalue weighted by molar-refractivity contribution is 7.87. The molecule has 0 aliphatic rings. The Bertz CT molecular complexity index is 1070. The van der Waals surface area contributed by atoms with Crippen molar-refractivity contribution in [1.82, 2.24) is 0 Å². The van der Waals surface area contributed by atoms with Gasteiger partial charge in [0.25, 0.3) is 0 Å². The van der Waals surface area contributed by atoms with Gasteiger partial charge in [-0.25, -0.2) is 0 Å². The van der Waals surface area contributed by atoms with Gasteiger partial charge in [-0.1, -0.05) is 54.6 Å². The molecule has 3 rings (SSSR count). The number of hydrogen-bond donors (Lipinski definition) is 3. The smallest absolute Gasteiger partial charge is 0.329 e. The molecule has 0 heterocycles. The van der Waals surface area contributed by atoms with Crippen LogP contribution < -0.4 is 10.0 Å². The molecule has 3 N–H and O–H groups in total. The van der Waals surface area contributed by atoms with Gasteiger partial charge in [0.1, 0.15) is 0 Å². The SMILES string of the molecule is O=CNc1cccc(CC(Cc2cccc(NS(=O)(=O)O)c2)c2ccccc2)c1. The van der Waals surface area contributed by atoms with Crippen molar-refractivity contribution in [3.8, 4) is 0 Å². The summed E-state index contributed by atoms with van der Waals surface area (Å²) in [4.78, 5) is 10.7. The summed E-state index contributed by atoms with van der Waals surface area (Å²) in [5.41, 5.74) is 4.24. The molecule has 1 atom stereocenters. The summed E-state index contributed by atoms with van der Waals surface area (Å²) < 4.78 is 33.3. The monoisotopic (exact) mass is 410 g/mol. The molecule has 0 aliphatic carbocycles. The standard InChI is InChI=1S/C22H22N2O4S/c25-16-23-21-10-4-6-17(14-21)12-20(19-8-2-1-3-9-19)13-18-7-5-11-22(15-18)24-29(26,27)28/h1-11,14-16,20,24H,12-13H2,(H,23,25)(H,26,27,28). The molecule has 0 fully saturated rings. The van der Waals surface area contributed by atoms with Crippen LogP contribution >= 0.6 is 0 Å². The lowest BCUT2D eigenvalue weighted by Gasteiger charge is -2.19. The number of carbonyl (C=O) groups is 1. The molecule has 0 radical (unpaired) electrons. The van der Waals surface area contributed by atoms with E-state index in [9.17, 15) is 13.2 Å². The zero-order valence-electron chi connectivity index (χ0n) is 15.7. The van der Waals surface area contributed by atoms with E-state index in [-0.39, 0.29) is 5.92 Å². The molecule has 1 amide bonds. The Morgan fingerprint density at radius 2 is 1.41 bits per heavy atom. The van der Waals surface area contributed by atoms with Crippen LogP contribution in [0.15, 0.2) is 78.9 Å². The lowest BCUT2D eigenvalue weighted by Crippen LogP contribution is -2.11. The Kier molecular flexibility index (Phi) is 6.64. The van der Waals surface area contributed by atoms with Crippen LogP contribution in [0.5, 0.6) is 0 Å². The Morgan fingerprint density at radius 3 is 2.00 bits per heavy atom. The highest BCUT2D eigenvalue weighted by atomic mass is 32.2. The third kappa shape index (κ3) is 6.44. The van der Waals surface area contributed by atoms with Crippen LogP contribution in [0.1, 0.15) is 22.6 Å². The molecule has 3 aromatic rings. The minimum absolute atomic E-state index is 0.142. The molecule has 7 heteroatoms. The van der Waals surface area contributed by atoms with E-state index in [1.807, 2.05) is 48.5 Å². The highest BCUT2D eigenvalue weighted by Crippen LogP contribution is 2.27. The summed E-state index contributed by atoms with van der Waals surface area (Å²) in [6, 6.07) is 24.8. The van der Waals surface area contributed by atoms with Crippen molar-refractivity contribution in [2.45, 2.75) is 18.8 Å². The fourth-order valence-electron chi connectivity index (χ4n) is 3.37. The molecule has 6 nitrogen and oxygen atoms in total. The second-order valence-electron chi connectivity index (χ2n) is 6.76. The second kappa shape index (κ2) is 9.36. The maximum absolute atomic E-state index is 11.1. The van der Waals surface area contributed by atoms with Crippen molar-refractivity contribution in [3.63, 3.8) is 0 Å². The van der Waals surface area contributed by atoms with Crippen molar-refractivity contribution >= 4 is 28.1 Å². The summed E-state index contributed by atoms with van der Waals surface area (Å²) in [6.45, 7) is 0. The van der Waals surface area contributed by atoms with Crippen molar-refractivity contribution in [2.24, 2.45) is 0 Å². The molecule has 29 heavy (non-hydrogen) atoms. The maximum Gasteiger partial charge on any atom is 0.357 e. The van der Waals surface area contributed by atoms with E-state index < -0.39 is 10.3 Å². The summed E-state index contributed by atoms with van der Waals surface area (Å²) in [6.07, 6.45) is 2.08. The van der Waals surface area contributed by atoms with Gasteiger partial charge in [0.15, 0.2) is 0 Å². The first kappa shape index (κ1) is 20.6. The second-order valence-corrected chi connectivity index (χ2v) is 7.91. The Morgan fingerprint density at radius 1 is 0.828 bits per heavy atom. The summed E-state index contributed by atoms with van der Waals surface area (Å²) in [7, 11) is -4.32. The van der Waals surface area contributed by atoms with Gasteiger partial charge in [0.2, 0.25) is 6.41 Å². The van der Waals surface area contributed by atoms with Crippen molar-refractivity contribution < 1.29 is 17.8 Å². The van der Waals surface area contributed by atoms with E-state index in [2.05, 4.69) is 22.2 Å². The first-order chi connectivity index (χ1) is 13.9. The number of hydrogen-bond acceptors (Lipinski definition) is 3.